The molecule has 0 unspecified atom stereocenters. The van der Waals surface area contributed by atoms with E-state index in [4.69, 9.17) is 21.4 Å². The minimum atomic E-state index is -1.29. The highest BCUT2D eigenvalue weighted by atomic mass is 35.5. The van der Waals surface area contributed by atoms with Gasteiger partial charge >= 0.3 is 11.7 Å². The summed E-state index contributed by atoms with van der Waals surface area (Å²) in [6.07, 6.45) is 0. The van der Waals surface area contributed by atoms with Crippen LogP contribution in [0.4, 0.5) is 10.1 Å². The third kappa shape index (κ3) is 3.26. The van der Waals surface area contributed by atoms with Crippen molar-refractivity contribution >= 4 is 23.3 Å². The first kappa shape index (κ1) is 14.7. The number of halogens is 2. The maximum atomic E-state index is 13.7. The monoisotopic (exact) mass is 311 g/mol. The van der Waals surface area contributed by atoms with Crippen LogP contribution in [0.3, 0.4) is 0 Å². The van der Waals surface area contributed by atoms with E-state index in [0.29, 0.717) is 0 Å². The highest BCUT2D eigenvalue weighted by molar-refractivity contribution is 6.30. The molecule has 0 spiro atoms. The molecule has 0 heterocycles. The average molecular weight is 312 g/mol. The topological polar surface area (TPSA) is 89.7 Å². The molecule has 8 heteroatoms. The molecule has 0 radical (unpaired) electrons. The number of ether oxygens (including phenoxy) is 1. The van der Waals surface area contributed by atoms with E-state index >= 15 is 0 Å². The molecule has 0 atom stereocenters. The quantitative estimate of drug-likeness (QED) is 0.683. The van der Waals surface area contributed by atoms with E-state index in [9.17, 15) is 19.3 Å². The van der Waals surface area contributed by atoms with Gasteiger partial charge in [-0.25, -0.2) is 9.18 Å². The zero-order chi connectivity index (χ0) is 15.6. The highest BCUT2D eigenvalue weighted by Gasteiger charge is 2.18. The summed E-state index contributed by atoms with van der Waals surface area (Å²) in [5, 5.41) is 19.7. The molecule has 0 fully saturated rings. The van der Waals surface area contributed by atoms with Crippen LogP contribution in [0.15, 0.2) is 36.4 Å². The lowest BCUT2D eigenvalue weighted by Crippen LogP contribution is -1.99. The Morgan fingerprint density at radius 2 is 1.90 bits per heavy atom. The summed E-state index contributed by atoms with van der Waals surface area (Å²) in [5.41, 5.74) is -0.685. The molecule has 21 heavy (non-hydrogen) atoms. The van der Waals surface area contributed by atoms with Gasteiger partial charge in [-0.2, -0.15) is 0 Å². The van der Waals surface area contributed by atoms with Crippen molar-refractivity contribution in [2.45, 2.75) is 0 Å². The summed E-state index contributed by atoms with van der Waals surface area (Å²) in [6.45, 7) is 0. The summed E-state index contributed by atoms with van der Waals surface area (Å²) < 4.78 is 18.8. The first-order chi connectivity index (χ1) is 9.88. The van der Waals surface area contributed by atoms with Crippen molar-refractivity contribution < 1.29 is 24.0 Å². The molecule has 6 nitrogen and oxygen atoms in total. The number of rotatable bonds is 4. The predicted octanol–water partition coefficient (Wildman–Crippen LogP) is 3.88. The SMILES string of the molecule is O=C(O)c1ccc(Oc2ccc(Cl)cc2[N+](=O)[O-])c(F)c1. The fourth-order valence-corrected chi connectivity index (χ4v) is 1.72. The summed E-state index contributed by atoms with van der Waals surface area (Å²) in [4.78, 5) is 20.9. The Bertz CT molecular complexity index is 734. The lowest BCUT2D eigenvalue weighted by Gasteiger charge is -2.08. The molecule has 2 aromatic carbocycles. The Hall–Kier alpha value is -2.67. The summed E-state index contributed by atoms with van der Waals surface area (Å²) in [5.74, 6) is -2.77. The van der Waals surface area contributed by atoms with E-state index in [-0.39, 0.29) is 22.1 Å². The number of carboxylic acids is 1. The van der Waals surface area contributed by atoms with E-state index < -0.39 is 22.4 Å². The van der Waals surface area contributed by atoms with Crippen molar-refractivity contribution in [3.8, 4) is 11.5 Å². The molecule has 0 saturated heterocycles. The lowest BCUT2D eigenvalue weighted by atomic mass is 10.2. The second kappa shape index (κ2) is 5.76. The Balaban J connectivity index is 2.39. The van der Waals surface area contributed by atoms with Gasteiger partial charge in [-0.05, 0) is 30.3 Å². The van der Waals surface area contributed by atoms with Crippen LogP contribution in [0.1, 0.15) is 10.4 Å². The van der Waals surface area contributed by atoms with E-state index in [2.05, 4.69) is 0 Å². The average Bonchev–Trinajstić information content (AvgIpc) is 2.42. The molecule has 0 aromatic heterocycles. The Morgan fingerprint density at radius 3 is 2.48 bits per heavy atom. The van der Waals surface area contributed by atoms with Crippen molar-refractivity contribution in [2.24, 2.45) is 0 Å². The van der Waals surface area contributed by atoms with Gasteiger partial charge in [0.25, 0.3) is 0 Å². The van der Waals surface area contributed by atoms with Crippen molar-refractivity contribution in [2.75, 3.05) is 0 Å². The molecular formula is C13H7ClFNO5. The number of aromatic carboxylic acids is 1. The minimum absolute atomic E-state index is 0.135. The molecular weight excluding hydrogens is 305 g/mol. The van der Waals surface area contributed by atoms with E-state index in [1.54, 1.807) is 0 Å². The molecule has 0 aliphatic rings. The van der Waals surface area contributed by atoms with Gasteiger partial charge in [-0.3, -0.25) is 10.1 Å². The molecule has 1 N–H and O–H groups in total. The molecule has 108 valence electrons. The maximum Gasteiger partial charge on any atom is 0.335 e. The number of hydrogen-bond acceptors (Lipinski definition) is 4. The lowest BCUT2D eigenvalue weighted by molar-refractivity contribution is -0.385. The predicted molar refractivity (Wildman–Crippen MR) is 71.5 cm³/mol. The number of nitro groups is 1. The van der Waals surface area contributed by atoms with Gasteiger partial charge in [0.15, 0.2) is 11.6 Å². The normalized spacial score (nSPS) is 10.2. The smallest absolute Gasteiger partial charge is 0.335 e. The molecule has 0 aliphatic carbocycles. The molecule has 2 rings (SSSR count). The molecule has 0 bridgehead atoms. The number of carbonyl (C=O) groups is 1. The summed E-state index contributed by atoms with van der Waals surface area (Å²) >= 11 is 5.65. The highest BCUT2D eigenvalue weighted by Crippen LogP contribution is 2.34. The van der Waals surface area contributed by atoms with Gasteiger partial charge in [0.2, 0.25) is 5.75 Å². The van der Waals surface area contributed by atoms with Crippen LogP contribution in [-0.2, 0) is 0 Å². The van der Waals surface area contributed by atoms with Gasteiger partial charge in [0, 0.05) is 11.1 Å². The maximum absolute atomic E-state index is 13.7. The molecule has 0 saturated carbocycles. The number of carboxylic acid groups (broad SMARTS) is 1. The van der Waals surface area contributed by atoms with Crippen LogP contribution >= 0.6 is 11.6 Å². The van der Waals surface area contributed by atoms with Crippen LogP contribution in [0, 0.1) is 15.9 Å². The third-order valence-electron chi connectivity index (χ3n) is 2.52. The second-order valence-electron chi connectivity index (χ2n) is 3.92. The number of benzene rings is 2. The Morgan fingerprint density at radius 1 is 1.24 bits per heavy atom. The largest absolute Gasteiger partial charge is 0.478 e. The number of nitro benzene ring substituents is 1. The zero-order valence-electron chi connectivity index (χ0n) is 10.2. The minimum Gasteiger partial charge on any atom is -0.478 e. The van der Waals surface area contributed by atoms with Crippen molar-refractivity contribution in [1.29, 1.82) is 0 Å². The van der Waals surface area contributed by atoms with Gasteiger partial charge in [0.1, 0.15) is 0 Å². The van der Waals surface area contributed by atoms with Crippen LogP contribution in [0.5, 0.6) is 11.5 Å². The zero-order valence-corrected chi connectivity index (χ0v) is 11.0. The summed E-state index contributed by atoms with van der Waals surface area (Å²) in [6, 6.07) is 6.62. The van der Waals surface area contributed by atoms with Gasteiger partial charge in [-0.15, -0.1) is 0 Å². The molecule has 2 aromatic rings. The van der Waals surface area contributed by atoms with Crippen LogP contribution in [0.2, 0.25) is 5.02 Å². The fourth-order valence-electron chi connectivity index (χ4n) is 1.55. The number of nitrogens with zero attached hydrogens (tertiary/aromatic N) is 1. The standard InChI is InChI=1S/C13H7ClFNO5/c14-8-2-4-12(10(6-8)16(19)20)21-11-3-1-7(13(17)18)5-9(11)15/h1-6H,(H,17,18). The Kier molecular flexibility index (Phi) is 4.04. The third-order valence-corrected chi connectivity index (χ3v) is 2.75. The van der Waals surface area contributed by atoms with Gasteiger partial charge in [0.05, 0.1) is 10.5 Å². The van der Waals surface area contributed by atoms with Crippen LogP contribution in [0.25, 0.3) is 0 Å². The van der Waals surface area contributed by atoms with E-state index in [1.807, 2.05) is 0 Å². The van der Waals surface area contributed by atoms with E-state index in [0.717, 1.165) is 24.3 Å². The molecule has 0 amide bonds. The first-order valence-electron chi connectivity index (χ1n) is 5.53. The first-order valence-corrected chi connectivity index (χ1v) is 5.91. The Labute approximate surface area is 122 Å². The van der Waals surface area contributed by atoms with Gasteiger partial charge in [-0.1, -0.05) is 11.6 Å². The van der Waals surface area contributed by atoms with Gasteiger partial charge < -0.3 is 9.84 Å². The molecule has 0 aliphatic heterocycles. The van der Waals surface area contributed by atoms with Crippen LogP contribution in [-0.4, -0.2) is 16.0 Å². The van der Waals surface area contributed by atoms with Crippen molar-refractivity contribution in [1.82, 2.24) is 0 Å². The van der Waals surface area contributed by atoms with E-state index in [1.165, 1.54) is 12.1 Å². The summed E-state index contributed by atoms with van der Waals surface area (Å²) in [7, 11) is 0. The fraction of sp³-hybridized carbons (Fsp3) is 0. The van der Waals surface area contributed by atoms with Crippen LogP contribution < -0.4 is 4.74 Å². The van der Waals surface area contributed by atoms with Crippen molar-refractivity contribution in [3.63, 3.8) is 0 Å². The number of hydrogen-bond donors (Lipinski definition) is 1. The second-order valence-corrected chi connectivity index (χ2v) is 4.36. The van der Waals surface area contributed by atoms with Crippen molar-refractivity contribution in [3.05, 3.63) is 62.9 Å².